The third-order valence-electron chi connectivity index (χ3n) is 3.04. The van der Waals surface area contributed by atoms with E-state index in [-0.39, 0.29) is 11.9 Å². The second-order valence-electron chi connectivity index (χ2n) is 4.11. The molecular weight excluding hydrogens is 218 g/mol. The van der Waals surface area contributed by atoms with Crippen LogP contribution in [0.1, 0.15) is 16.9 Å². The number of nitrogens with zero attached hydrogens (tertiary/aromatic N) is 2. The van der Waals surface area contributed by atoms with E-state index in [2.05, 4.69) is 10.3 Å². The first-order chi connectivity index (χ1) is 8.22. The molecule has 2 rings (SSSR count). The van der Waals surface area contributed by atoms with E-state index in [1.165, 1.54) is 0 Å². The molecule has 1 saturated heterocycles. The van der Waals surface area contributed by atoms with Gasteiger partial charge in [-0.15, -0.1) is 0 Å². The molecule has 0 aromatic carbocycles. The predicted octanol–water partition coefficient (Wildman–Crippen LogP) is 0.984. The lowest BCUT2D eigenvalue weighted by Gasteiger charge is -2.22. The van der Waals surface area contributed by atoms with Crippen LogP contribution in [0.4, 0.5) is 5.69 Å². The number of rotatable bonds is 3. The minimum Gasteiger partial charge on any atom is -0.388 e. The number of hydrogen-bond donors (Lipinski definition) is 1. The number of amides is 1. The van der Waals surface area contributed by atoms with Gasteiger partial charge >= 0.3 is 0 Å². The van der Waals surface area contributed by atoms with Crippen LogP contribution < -0.4 is 5.32 Å². The maximum absolute atomic E-state index is 12.2. The van der Waals surface area contributed by atoms with Crippen LogP contribution in [0, 0.1) is 0 Å². The van der Waals surface area contributed by atoms with Crippen LogP contribution >= 0.6 is 0 Å². The summed E-state index contributed by atoms with van der Waals surface area (Å²) in [5.41, 5.74) is 1.35. The first kappa shape index (κ1) is 11.9. The third kappa shape index (κ3) is 2.55. The molecule has 5 nitrogen and oxygen atoms in total. The van der Waals surface area contributed by atoms with Crippen LogP contribution in [0.3, 0.4) is 0 Å². The number of likely N-dealkylation sites (N-methyl/N-ethyl adjacent to an activating group) is 1. The highest BCUT2D eigenvalue weighted by Gasteiger charge is 2.25. The Hall–Kier alpha value is -1.62. The largest absolute Gasteiger partial charge is 0.388 e. The molecule has 1 amide bonds. The van der Waals surface area contributed by atoms with Gasteiger partial charge in [-0.05, 0) is 18.6 Å². The van der Waals surface area contributed by atoms with Crippen LogP contribution in [0.25, 0.3) is 0 Å². The molecule has 1 aromatic rings. The Morgan fingerprint density at radius 3 is 3.12 bits per heavy atom. The first-order valence-corrected chi connectivity index (χ1v) is 5.71. The summed E-state index contributed by atoms with van der Waals surface area (Å²) in [7, 11) is 3.62. The molecule has 1 aliphatic heterocycles. The molecule has 1 N–H and O–H groups in total. The molecular formula is C12H17N3O2. The maximum atomic E-state index is 12.2. The molecule has 1 unspecified atom stereocenters. The monoisotopic (exact) mass is 235 g/mol. The van der Waals surface area contributed by atoms with Crippen molar-refractivity contribution in [2.75, 3.05) is 32.6 Å². The van der Waals surface area contributed by atoms with E-state index in [1.807, 2.05) is 13.1 Å². The molecule has 1 aliphatic rings. The smallest absolute Gasteiger partial charge is 0.272 e. The van der Waals surface area contributed by atoms with Crippen LogP contribution in [-0.4, -0.2) is 49.1 Å². The normalized spacial score (nSPS) is 19.1. The van der Waals surface area contributed by atoms with Gasteiger partial charge in [-0.3, -0.25) is 9.78 Å². The predicted molar refractivity (Wildman–Crippen MR) is 65.1 cm³/mol. The van der Waals surface area contributed by atoms with Crippen molar-refractivity contribution in [3.63, 3.8) is 0 Å². The summed E-state index contributed by atoms with van der Waals surface area (Å²) in [6.45, 7) is 1.35. The summed E-state index contributed by atoms with van der Waals surface area (Å²) in [5, 5.41) is 3.00. The molecule has 5 heteroatoms. The highest BCUT2D eigenvalue weighted by Crippen LogP contribution is 2.14. The summed E-state index contributed by atoms with van der Waals surface area (Å²) < 4.78 is 5.28. The van der Waals surface area contributed by atoms with E-state index in [1.54, 1.807) is 24.2 Å². The fraction of sp³-hybridized carbons (Fsp3) is 0.500. The Labute approximate surface area is 101 Å². The Balaban J connectivity index is 2.12. The van der Waals surface area contributed by atoms with E-state index in [9.17, 15) is 4.79 Å². The van der Waals surface area contributed by atoms with E-state index < -0.39 is 0 Å². The van der Waals surface area contributed by atoms with Crippen molar-refractivity contribution in [1.82, 2.24) is 9.88 Å². The minimum absolute atomic E-state index is 0.0578. The maximum Gasteiger partial charge on any atom is 0.272 e. The molecule has 0 aliphatic carbocycles. The lowest BCUT2D eigenvalue weighted by molar-refractivity contribution is 0.0705. The molecule has 92 valence electrons. The fourth-order valence-electron chi connectivity index (χ4n) is 1.88. The van der Waals surface area contributed by atoms with Crippen molar-refractivity contribution in [3.05, 3.63) is 24.0 Å². The highest BCUT2D eigenvalue weighted by molar-refractivity contribution is 5.93. The number of pyridine rings is 1. The molecule has 17 heavy (non-hydrogen) atoms. The number of nitrogens with one attached hydrogen (secondary N) is 1. The van der Waals surface area contributed by atoms with Gasteiger partial charge in [0.1, 0.15) is 5.69 Å². The van der Waals surface area contributed by atoms with Crippen LogP contribution in [0.2, 0.25) is 0 Å². The van der Waals surface area contributed by atoms with Gasteiger partial charge in [0.15, 0.2) is 0 Å². The summed E-state index contributed by atoms with van der Waals surface area (Å²) in [4.78, 5) is 18.0. The van der Waals surface area contributed by atoms with E-state index in [0.717, 1.165) is 18.7 Å². The second kappa shape index (κ2) is 5.14. The Bertz CT molecular complexity index is 402. The Kier molecular flexibility index (Phi) is 3.58. The average molecular weight is 235 g/mol. The zero-order chi connectivity index (χ0) is 12.3. The highest BCUT2D eigenvalue weighted by atomic mass is 16.5. The standard InChI is InChI=1S/C12H17N3O2/c1-13-9-3-5-14-11(7-9)12(16)15(2)10-4-6-17-8-10/h3,5,7,10H,4,6,8H2,1-2H3,(H,13,14). The average Bonchev–Trinajstić information content (AvgIpc) is 2.91. The first-order valence-electron chi connectivity index (χ1n) is 5.71. The summed E-state index contributed by atoms with van der Waals surface area (Å²) in [6.07, 6.45) is 2.53. The van der Waals surface area contributed by atoms with E-state index in [0.29, 0.717) is 12.3 Å². The van der Waals surface area contributed by atoms with Crippen molar-refractivity contribution in [2.24, 2.45) is 0 Å². The van der Waals surface area contributed by atoms with Crippen molar-refractivity contribution in [2.45, 2.75) is 12.5 Å². The number of aromatic nitrogens is 1. The number of hydrogen-bond acceptors (Lipinski definition) is 4. The van der Waals surface area contributed by atoms with Crippen molar-refractivity contribution in [3.8, 4) is 0 Å². The fourth-order valence-corrected chi connectivity index (χ4v) is 1.88. The minimum atomic E-state index is -0.0578. The molecule has 1 atom stereocenters. The molecule has 0 spiro atoms. The number of carbonyl (C=O) groups is 1. The van der Waals surface area contributed by atoms with E-state index in [4.69, 9.17) is 4.74 Å². The third-order valence-corrected chi connectivity index (χ3v) is 3.04. The molecule has 0 radical (unpaired) electrons. The van der Waals surface area contributed by atoms with Crippen molar-refractivity contribution < 1.29 is 9.53 Å². The number of carbonyl (C=O) groups excluding carboxylic acids is 1. The summed E-state index contributed by atoms with van der Waals surface area (Å²) >= 11 is 0. The van der Waals surface area contributed by atoms with Gasteiger partial charge < -0.3 is 15.0 Å². The summed E-state index contributed by atoms with van der Waals surface area (Å²) in [6, 6.07) is 3.76. The second-order valence-corrected chi connectivity index (χ2v) is 4.11. The Morgan fingerprint density at radius 1 is 1.65 bits per heavy atom. The molecule has 1 aromatic heterocycles. The zero-order valence-electron chi connectivity index (χ0n) is 10.1. The van der Waals surface area contributed by atoms with Crippen LogP contribution in [0.5, 0.6) is 0 Å². The number of anilines is 1. The zero-order valence-corrected chi connectivity index (χ0v) is 10.1. The van der Waals surface area contributed by atoms with E-state index >= 15 is 0 Å². The van der Waals surface area contributed by atoms with Gasteiger partial charge in [0, 0.05) is 32.6 Å². The molecule has 1 fully saturated rings. The van der Waals surface area contributed by atoms with Gasteiger partial charge in [0.25, 0.3) is 5.91 Å². The quantitative estimate of drug-likeness (QED) is 0.848. The lowest BCUT2D eigenvalue weighted by Crippen LogP contribution is -2.37. The molecule has 2 heterocycles. The van der Waals surface area contributed by atoms with Crippen molar-refractivity contribution >= 4 is 11.6 Å². The van der Waals surface area contributed by atoms with Crippen molar-refractivity contribution in [1.29, 1.82) is 0 Å². The molecule has 0 saturated carbocycles. The SMILES string of the molecule is CNc1ccnc(C(=O)N(C)C2CCOC2)c1. The van der Waals surface area contributed by atoms with Gasteiger partial charge in [-0.2, -0.15) is 0 Å². The molecule has 0 bridgehead atoms. The number of ether oxygens (including phenoxy) is 1. The topological polar surface area (TPSA) is 54.5 Å². The summed E-state index contributed by atoms with van der Waals surface area (Å²) in [5.74, 6) is -0.0578. The van der Waals surface area contributed by atoms with Gasteiger partial charge in [0.2, 0.25) is 0 Å². The Morgan fingerprint density at radius 2 is 2.47 bits per heavy atom. The lowest BCUT2D eigenvalue weighted by atomic mass is 10.2. The van der Waals surface area contributed by atoms with Gasteiger partial charge in [-0.1, -0.05) is 0 Å². The van der Waals surface area contributed by atoms with Crippen LogP contribution in [0.15, 0.2) is 18.3 Å². The van der Waals surface area contributed by atoms with Gasteiger partial charge in [0.05, 0.1) is 12.6 Å². The van der Waals surface area contributed by atoms with Crippen LogP contribution in [-0.2, 0) is 4.74 Å². The van der Waals surface area contributed by atoms with Gasteiger partial charge in [-0.25, -0.2) is 0 Å².